The Morgan fingerprint density at radius 1 is 1.41 bits per heavy atom. The van der Waals surface area contributed by atoms with Crippen LogP contribution < -0.4 is 11.1 Å². The molecule has 1 saturated heterocycles. The van der Waals surface area contributed by atoms with E-state index in [0.29, 0.717) is 6.04 Å². The van der Waals surface area contributed by atoms with Crippen molar-refractivity contribution in [3.63, 3.8) is 0 Å². The molecule has 0 radical (unpaired) electrons. The molecule has 0 bridgehead atoms. The summed E-state index contributed by atoms with van der Waals surface area (Å²) < 4.78 is 0. The third-order valence-corrected chi connectivity index (χ3v) is 4.24. The van der Waals surface area contributed by atoms with Gasteiger partial charge in [-0.3, -0.25) is 4.79 Å². The summed E-state index contributed by atoms with van der Waals surface area (Å²) in [5.41, 5.74) is 5.59. The van der Waals surface area contributed by atoms with Crippen molar-refractivity contribution in [2.75, 3.05) is 19.6 Å². The molecule has 1 saturated carbocycles. The smallest absolute Gasteiger partial charge is 0.240 e. The van der Waals surface area contributed by atoms with Gasteiger partial charge in [-0.2, -0.15) is 0 Å². The number of rotatable bonds is 3. The summed E-state index contributed by atoms with van der Waals surface area (Å²) in [6.45, 7) is 5.39. The molecule has 1 atom stereocenters. The van der Waals surface area contributed by atoms with Gasteiger partial charge < -0.3 is 16.0 Å². The second-order valence-electron chi connectivity index (χ2n) is 5.57. The summed E-state index contributed by atoms with van der Waals surface area (Å²) in [6, 6.07) is 0.303. The van der Waals surface area contributed by atoms with E-state index < -0.39 is 5.54 Å². The quantitative estimate of drug-likeness (QED) is 0.768. The molecule has 17 heavy (non-hydrogen) atoms. The number of carbonyl (C=O) groups is 1. The van der Waals surface area contributed by atoms with Crippen molar-refractivity contribution in [1.29, 1.82) is 0 Å². The third-order valence-electron chi connectivity index (χ3n) is 4.24. The minimum atomic E-state index is -0.575. The van der Waals surface area contributed by atoms with Crippen molar-refractivity contribution in [3.8, 4) is 0 Å². The van der Waals surface area contributed by atoms with Crippen LogP contribution in [0, 0.1) is 0 Å². The molecule has 0 aromatic rings. The molecular formula is C13H25N3O. The van der Waals surface area contributed by atoms with Gasteiger partial charge in [-0.25, -0.2) is 0 Å². The van der Waals surface area contributed by atoms with E-state index in [1.165, 1.54) is 6.42 Å². The van der Waals surface area contributed by atoms with Crippen molar-refractivity contribution in [2.24, 2.45) is 5.73 Å². The van der Waals surface area contributed by atoms with E-state index in [-0.39, 0.29) is 5.91 Å². The lowest BCUT2D eigenvalue weighted by Crippen LogP contribution is -2.57. The second-order valence-corrected chi connectivity index (χ2v) is 5.57. The van der Waals surface area contributed by atoms with Crippen LogP contribution >= 0.6 is 0 Å². The van der Waals surface area contributed by atoms with Gasteiger partial charge in [-0.15, -0.1) is 0 Å². The predicted molar refractivity (Wildman–Crippen MR) is 68.7 cm³/mol. The van der Waals surface area contributed by atoms with Crippen molar-refractivity contribution >= 4 is 5.91 Å². The van der Waals surface area contributed by atoms with E-state index in [1.54, 1.807) is 0 Å². The average Bonchev–Trinajstić information content (AvgIpc) is 2.78. The Kier molecular flexibility index (Phi) is 4.05. The number of carbonyl (C=O) groups excluding carboxylic acids is 1. The number of likely N-dealkylation sites (N-methyl/N-ethyl adjacent to an activating group) is 1. The number of hydrogen-bond donors (Lipinski definition) is 2. The zero-order valence-corrected chi connectivity index (χ0v) is 10.9. The molecule has 1 amide bonds. The zero-order chi connectivity index (χ0) is 12.3. The topological polar surface area (TPSA) is 58.4 Å². The lowest BCUT2D eigenvalue weighted by atomic mass is 9.96. The van der Waals surface area contributed by atoms with Gasteiger partial charge in [0.15, 0.2) is 0 Å². The summed E-state index contributed by atoms with van der Waals surface area (Å²) in [5.74, 6) is 0.0814. The maximum absolute atomic E-state index is 12.2. The van der Waals surface area contributed by atoms with Crippen LogP contribution in [0.5, 0.6) is 0 Å². The minimum Gasteiger partial charge on any atom is -0.350 e. The Balaban J connectivity index is 1.85. The summed E-state index contributed by atoms with van der Waals surface area (Å²) in [7, 11) is 0. The largest absolute Gasteiger partial charge is 0.350 e. The highest BCUT2D eigenvalue weighted by Crippen LogP contribution is 2.27. The van der Waals surface area contributed by atoms with E-state index in [0.717, 1.165) is 51.7 Å². The second kappa shape index (κ2) is 5.36. The van der Waals surface area contributed by atoms with Crippen molar-refractivity contribution in [1.82, 2.24) is 10.2 Å². The van der Waals surface area contributed by atoms with Gasteiger partial charge in [0, 0.05) is 12.6 Å². The molecule has 0 aromatic carbocycles. The van der Waals surface area contributed by atoms with E-state index in [2.05, 4.69) is 17.1 Å². The predicted octanol–water partition coefficient (Wildman–Crippen LogP) is 0.858. The average molecular weight is 239 g/mol. The SMILES string of the molecule is CCN1CCCC(NC(=O)C2(N)CCCC2)C1. The molecule has 4 heteroatoms. The van der Waals surface area contributed by atoms with Crippen LogP contribution in [-0.2, 0) is 4.79 Å². The molecule has 2 aliphatic rings. The van der Waals surface area contributed by atoms with Gasteiger partial charge in [0.05, 0.1) is 5.54 Å². The first-order valence-corrected chi connectivity index (χ1v) is 6.96. The van der Waals surface area contributed by atoms with Crippen LogP contribution in [0.4, 0.5) is 0 Å². The maximum atomic E-state index is 12.2. The van der Waals surface area contributed by atoms with Crippen molar-refractivity contribution < 1.29 is 4.79 Å². The van der Waals surface area contributed by atoms with E-state index >= 15 is 0 Å². The standard InChI is InChI=1S/C13H25N3O/c1-2-16-9-5-6-11(10-16)15-12(17)13(14)7-3-4-8-13/h11H,2-10,14H2,1H3,(H,15,17). The van der Waals surface area contributed by atoms with Gasteiger partial charge in [-0.05, 0) is 38.8 Å². The molecule has 3 N–H and O–H groups in total. The molecule has 1 aliphatic carbocycles. The number of hydrogen-bond acceptors (Lipinski definition) is 3. The normalized spacial score (nSPS) is 29.2. The molecule has 1 heterocycles. The van der Waals surface area contributed by atoms with Crippen LogP contribution in [0.25, 0.3) is 0 Å². The molecule has 1 aliphatic heterocycles. The molecular weight excluding hydrogens is 214 g/mol. The highest BCUT2D eigenvalue weighted by Gasteiger charge is 2.38. The highest BCUT2D eigenvalue weighted by atomic mass is 16.2. The Morgan fingerprint density at radius 2 is 2.12 bits per heavy atom. The van der Waals surface area contributed by atoms with Crippen LogP contribution in [0.2, 0.25) is 0 Å². The molecule has 2 rings (SSSR count). The van der Waals surface area contributed by atoms with Crippen LogP contribution in [0.15, 0.2) is 0 Å². The van der Waals surface area contributed by atoms with E-state index in [1.807, 2.05) is 0 Å². The highest BCUT2D eigenvalue weighted by molar-refractivity contribution is 5.86. The van der Waals surface area contributed by atoms with Gasteiger partial charge in [0.25, 0.3) is 0 Å². The summed E-state index contributed by atoms with van der Waals surface area (Å²) in [5, 5.41) is 3.16. The number of likely N-dealkylation sites (tertiary alicyclic amines) is 1. The Bertz CT molecular complexity index is 274. The van der Waals surface area contributed by atoms with Crippen LogP contribution in [0.3, 0.4) is 0 Å². The van der Waals surface area contributed by atoms with Crippen molar-refractivity contribution in [2.45, 2.75) is 57.0 Å². The molecule has 98 valence electrons. The van der Waals surface area contributed by atoms with Crippen molar-refractivity contribution in [3.05, 3.63) is 0 Å². The first-order valence-electron chi connectivity index (χ1n) is 6.96. The zero-order valence-electron chi connectivity index (χ0n) is 10.9. The van der Waals surface area contributed by atoms with Crippen LogP contribution in [-0.4, -0.2) is 42.0 Å². The van der Waals surface area contributed by atoms with Gasteiger partial charge in [-0.1, -0.05) is 19.8 Å². The lowest BCUT2D eigenvalue weighted by molar-refractivity contribution is -0.127. The van der Waals surface area contributed by atoms with Crippen LogP contribution in [0.1, 0.15) is 45.4 Å². The molecule has 4 nitrogen and oxygen atoms in total. The summed E-state index contributed by atoms with van der Waals surface area (Å²) in [4.78, 5) is 14.6. The molecule has 0 spiro atoms. The van der Waals surface area contributed by atoms with E-state index in [9.17, 15) is 4.79 Å². The maximum Gasteiger partial charge on any atom is 0.240 e. The Labute approximate surface area is 104 Å². The Hall–Kier alpha value is -0.610. The lowest BCUT2D eigenvalue weighted by Gasteiger charge is -2.34. The minimum absolute atomic E-state index is 0.0814. The summed E-state index contributed by atoms with van der Waals surface area (Å²) >= 11 is 0. The Morgan fingerprint density at radius 3 is 2.76 bits per heavy atom. The first kappa shape index (κ1) is 12.8. The summed E-state index contributed by atoms with van der Waals surface area (Å²) in [6.07, 6.45) is 6.16. The first-order chi connectivity index (χ1) is 8.14. The number of nitrogens with one attached hydrogen (secondary N) is 1. The molecule has 0 aromatic heterocycles. The fraction of sp³-hybridized carbons (Fsp3) is 0.923. The third kappa shape index (κ3) is 2.99. The van der Waals surface area contributed by atoms with Gasteiger partial charge in [0.2, 0.25) is 5.91 Å². The van der Waals surface area contributed by atoms with Gasteiger partial charge >= 0.3 is 0 Å². The molecule has 1 unspecified atom stereocenters. The number of amides is 1. The van der Waals surface area contributed by atoms with Gasteiger partial charge in [0.1, 0.15) is 0 Å². The van der Waals surface area contributed by atoms with E-state index in [4.69, 9.17) is 5.73 Å². The fourth-order valence-electron chi connectivity index (χ4n) is 3.02. The monoisotopic (exact) mass is 239 g/mol. The fourth-order valence-corrected chi connectivity index (χ4v) is 3.02. The number of piperidine rings is 1. The number of nitrogens with two attached hydrogens (primary N) is 1. The molecule has 2 fully saturated rings. The number of nitrogens with zero attached hydrogens (tertiary/aromatic N) is 1.